The number of unbranched alkanes of at least 4 members (excludes halogenated alkanes) is 48. The molecule has 72 heavy (non-hydrogen) atoms. The number of hydrogen-bond donors (Lipinski definition) is 3. The van der Waals surface area contributed by atoms with Gasteiger partial charge in [-0.25, -0.2) is 0 Å². The highest BCUT2D eigenvalue weighted by molar-refractivity contribution is 5.76. The van der Waals surface area contributed by atoms with E-state index in [1.807, 2.05) is 6.08 Å². The number of ether oxygens (including phenoxy) is 1. The van der Waals surface area contributed by atoms with Gasteiger partial charge in [-0.05, 0) is 57.8 Å². The first-order valence-electron chi connectivity index (χ1n) is 32.6. The Labute approximate surface area is 450 Å². The highest BCUT2D eigenvalue weighted by Crippen LogP contribution is 2.18. The van der Waals surface area contributed by atoms with Crippen molar-refractivity contribution in [2.75, 3.05) is 13.2 Å². The number of hydrogen-bond acceptors (Lipinski definition) is 5. The van der Waals surface area contributed by atoms with Crippen LogP contribution in [0.3, 0.4) is 0 Å². The Kier molecular flexibility index (Phi) is 60.5. The highest BCUT2D eigenvalue weighted by Gasteiger charge is 2.18. The van der Waals surface area contributed by atoms with E-state index >= 15 is 0 Å². The van der Waals surface area contributed by atoms with E-state index in [2.05, 4.69) is 31.3 Å². The Morgan fingerprint density at radius 1 is 0.375 bits per heavy atom. The highest BCUT2D eigenvalue weighted by atomic mass is 16.5. The van der Waals surface area contributed by atoms with Gasteiger partial charge >= 0.3 is 5.97 Å². The zero-order chi connectivity index (χ0) is 52.2. The van der Waals surface area contributed by atoms with Gasteiger partial charge in [-0.3, -0.25) is 9.59 Å². The summed E-state index contributed by atoms with van der Waals surface area (Å²) in [5.41, 5.74) is 0. The summed E-state index contributed by atoms with van der Waals surface area (Å²) in [6, 6.07) is -0.632. The predicted molar refractivity (Wildman–Crippen MR) is 315 cm³/mol. The van der Waals surface area contributed by atoms with E-state index in [4.69, 9.17) is 4.74 Å². The minimum absolute atomic E-state index is 0.00289. The predicted octanol–water partition coefficient (Wildman–Crippen LogP) is 20.6. The summed E-state index contributed by atoms with van der Waals surface area (Å²) in [7, 11) is 0. The molecule has 3 N–H and O–H groups in total. The first-order valence-corrected chi connectivity index (χ1v) is 32.6. The van der Waals surface area contributed by atoms with Crippen LogP contribution in [-0.4, -0.2) is 47.4 Å². The molecule has 0 bridgehead atoms. The van der Waals surface area contributed by atoms with Crippen molar-refractivity contribution in [1.29, 1.82) is 0 Å². The fraction of sp³-hybridized carbons (Fsp3) is 0.909. The van der Waals surface area contributed by atoms with E-state index in [9.17, 15) is 19.8 Å². The van der Waals surface area contributed by atoms with Crippen LogP contribution in [-0.2, 0) is 14.3 Å². The van der Waals surface area contributed by atoms with Gasteiger partial charge < -0.3 is 20.3 Å². The maximum absolute atomic E-state index is 12.5. The second-order valence-corrected chi connectivity index (χ2v) is 22.5. The minimum Gasteiger partial charge on any atom is -0.466 e. The van der Waals surface area contributed by atoms with Crippen molar-refractivity contribution >= 4 is 11.9 Å². The minimum atomic E-state index is -0.849. The second kappa shape index (κ2) is 61.9. The smallest absolute Gasteiger partial charge is 0.305 e. The molecule has 0 aliphatic heterocycles. The molecule has 0 aromatic carbocycles. The van der Waals surface area contributed by atoms with Crippen molar-refractivity contribution in [2.24, 2.45) is 0 Å². The van der Waals surface area contributed by atoms with E-state index < -0.39 is 12.1 Å². The Hall–Kier alpha value is -1.66. The maximum Gasteiger partial charge on any atom is 0.305 e. The standard InChI is InChI=1S/C66H127NO5/c1-3-5-7-9-11-13-15-17-18-19-20-21-22-23-24-25-26-29-32-35-38-42-46-50-54-58-64(69)63(62-68)67-65(70)59-55-51-47-43-39-36-33-30-27-28-31-34-37-41-45-49-53-57-61-72-66(71)60-56-52-48-44-40-16-14-12-10-8-6-4-2/h12,14,54,58,63-64,68-69H,3-11,13,15-53,55-57,59-62H2,1-2H3,(H,67,70)/b14-12-,58-54+. The van der Waals surface area contributed by atoms with Crippen LogP contribution in [0.2, 0.25) is 0 Å². The van der Waals surface area contributed by atoms with Gasteiger partial charge in [0, 0.05) is 12.8 Å². The van der Waals surface area contributed by atoms with Crippen LogP contribution in [0.25, 0.3) is 0 Å². The average molecular weight is 1010 g/mol. The molecule has 0 fully saturated rings. The third-order valence-corrected chi connectivity index (χ3v) is 15.2. The van der Waals surface area contributed by atoms with Crippen LogP contribution in [0.5, 0.6) is 0 Å². The van der Waals surface area contributed by atoms with Gasteiger partial charge in [0.15, 0.2) is 0 Å². The number of aliphatic hydroxyl groups excluding tert-OH is 2. The molecular weight excluding hydrogens is 887 g/mol. The largest absolute Gasteiger partial charge is 0.466 e. The summed E-state index contributed by atoms with van der Waals surface area (Å²) in [4.78, 5) is 24.5. The second-order valence-electron chi connectivity index (χ2n) is 22.5. The molecule has 0 aliphatic carbocycles. The van der Waals surface area contributed by atoms with E-state index in [-0.39, 0.29) is 18.5 Å². The van der Waals surface area contributed by atoms with Gasteiger partial charge in [-0.15, -0.1) is 0 Å². The fourth-order valence-corrected chi connectivity index (χ4v) is 10.2. The first-order chi connectivity index (χ1) is 35.5. The Morgan fingerprint density at radius 2 is 0.653 bits per heavy atom. The van der Waals surface area contributed by atoms with Crippen molar-refractivity contribution in [2.45, 2.75) is 373 Å². The topological polar surface area (TPSA) is 95.9 Å². The normalized spacial score (nSPS) is 12.7. The monoisotopic (exact) mass is 1010 g/mol. The third-order valence-electron chi connectivity index (χ3n) is 15.2. The molecule has 2 unspecified atom stereocenters. The van der Waals surface area contributed by atoms with E-state index in [1.165, 1.54) is 289 Å². The molecule has 0 spiro atoms. The molecule has 1 amide bonds. The molecule has 6 nitrogen and oxygen atoms in total. The van der Waals surface area contributed by atoms with Gasteiger partial charge in [0.2, 0.25) is 5.91 Å². The maximum atomic E-state index is 12.5. The van der Waals surface area contributed by atoms with Crippen LogP contribution in [0, 0.1) is 0 Å². The number of rotatable bonds is 61. The molecule has 0 rings (SSSR count). The summed E-state index contributed by atoms with van der Waals surface area (Å²) in [6.07, 6.45) is 76.6. The number of nitrogens with one attached hydrogen (secondary N) is 1. The SMILES string of the molecule is CCCCC/C=C\CCCCCCCC(=O)OCCCCCCCCCCCCCCCCCCCCC(=O)NC(CO)C(O)/C=C/CCCCCCCCCCCCCCCCCCCCCCCCC. The molecule has 0 heterocycles. The number of esters is 1. The number of carbonyl (C=O) groups is 2. The average Bonchev–Trinajstić information content (AvgIpc) is 3.38. The number of carbonyl (C=O) groups excluding carboxylic acids is 2. The zero-order valence-electron chi connectivity index (χ0n) is 48.7. The molecule has 0 radical (unpaired) electrons. The van der Waals surface area contributed by atoms with Crippen LogP contribution >= 0.6 is 0 Å². The first kappa shape index (κ1) is 70.3. The molecule has 0 saturated carbocycles. The Bertz CT molecular complexity index is 1120. The van der Waals surface area contributed by atoms with Crippen molar-refractivity contribution in [3.8, 4) is 0 Å². The Morgan fingerprint density at radius 3 is 1.01 bits per heavy atom. The van der Waals surface area contributed by atoms with E-state index in [0.29, 0.717) is 19.4 Å². The lowest BCUT2D eigenvalue weighted by Crippen LogP contribution is -2.45. The van der Waals surface area contributed by atoms with Crippen molar-refractivity contribution in [3.63, 3.8) is 0 Å². The third kappa shape index (κ3) is 57.6. The molecule has 426 valence electrons. The van der Waals surface area contributed by atoms with Gasteiger partial charge in [0.05, 0.1) is 25.4 Å². The number of aliphatic hydroxyl groups is 2. The quantitative estimate of drug-likeness (QED) is 0.0320. The van der Waals surface area contributed by atoms with Crippen LogP contribution in [0.4, 0.5) is 0 Å². The Balaban J connectivity index is 3.44. The lowest BCUT2D eigenvalue weighted by molar-refractivity contribution is -0.143. The van der Waals surface area contributed by atoms with Crippen molar-refractivity contribution in [1.82, 2.24) is 5.32 Å². The molecule has 0 saturated heterocycles. The summed E-state index contributed by atoms with van der Waals surface area (Å²) in [5.74, 6) is -0.0711. The molecule has 6 heteroatoms. The van der Waals surface area contributed by atoms with Crippen molar-refractivity contribution in [3.05, 3.63) is 24.3 Å². The van der Waals surface area contributed by atoms with Gasteiger partial charge in [-0.2, -0.15) is 0 Å². The van der Waals surface area contributed by atoms with Gasteiger partial charge in [0.1, 0.15) is 0 Å². The summed E-state index contributed by atoms with van der Waals surface area (Å²) >= 11 is 0. The molecule has 2 atom stereocenters. The van der Waals surface area contributed by atoms with E-state index in [0.717, 1.165) is 44.9 Å². The molecular formula is C66H127NO5. The summed E-state index contributed by atoms with van der Waals surface area (Å²) < 4.78 is 5.46. The fourth-order valence-electron chi connectivity index (χ4n) is 10.2. The molecule has 0 aliphatic rings. The van der Waals surface area contributed by atoms with Crippen LogP contribution in [0.1, 0.15) is 361 Å². The van der Waals surface area contributed by atoms with Crippen LogP contribution < -0.4 is 5.32 Å². The molecule has 0 aromatic heterocycles. The van der Waals surface area contributed by atoms with Crippen LogP contribution in [0.15, 0.2) is 24.3 Å². The molecule has 0 aromatic rings. The zero-order valence-corrected chi connectivity index (χ0v) is 48.7. The van der Waals surface area contributed by atoms with Crippen molar-refractivity contribution < 1.29 is 24.5 Å². The summed E-state index contributed by atoms with van der Waals surface area (Å²) in [6.45, 7) is 4.90. The number of amides is 1. The lowest BCUT2D eigenvalue weighted by atomic mass is 10.0. The number of allylic oxidation sites excluding steroid dienone is 3. The van der Waals surface area contributed by atoms with Gasteiger partial charge in [-0.1, -0.05) is 314 Å². The summed E-state index contributed by atoms with van der Waals surface area (Å²) in [5, 5.41) is 23.2. The van der Waals surface area contributed by atoms with Gasteiger partial charge in [0.25, 0.3) is 0 Å². The lowest BCUT2D eigenvalue weighted by Gasteiger charge is -2.20. The van der Waals surface area contributed by atoms with E-state index in [1.54, 1.807) is 6.08 Å².